The number of benzene rings is 1. The van der Waals surface area contributed by atoms with Gasteiger partial charge in [0.25, 0.3) is 0 Å². The van der Waals surface area contributed by atoms with Crippen molar-refractivity contribution in [1.29, 1.82) is 0 Å². The van der Waals surface area contributed by atoms with Crippen molar-refractivity contribution < 1.29 is 14.7 Å². The van der Waals surface area contributed by atoms with Crippen molar-refractivity contribution in [3.63, 3.8) is 0 Å². The van der Waals surface area contributed by atoms with Crippen LogP contribution in [0.25, 0.3) is 5.69 Å². The monoisotopic (exact) mass is 348 g/mol. The van der Waals surface area contributed by atoms with E-state index in [1.54, 1.807) is 41.3 Å². The zero-order valence-corrected chi connectivity index (χ0v) is 13.6. The second-order valence-corrected chi connectivity index (χ2v) is 6.05. The van der Waals surface area contributed by atoms with Crippen LogP contribution >= 0.6 is 11.6 Å². The molecule has 1 aliphatic rings. The molecule has 0 spiro atoms. The summed E-state index contributed by atoms with van der Waals surface area (Å²) in [5, 5.41) is 16.6. The lowest BCUT2D eigenvalue weighted by Gasteiger charge is -2.31. The number of piperidine rings is 1. The van der Waals surface area contributed by atoms with Crippen molar-refractivity contribution in [2.75, 3.05) is 18.4 Å². The van der Waals surface area contributed by atoms with E-state index in [0.29, 0.717) is 35.8 Å². The molecule has 2 N–H and O–H groups in total. The first-order valence-electron chi connectivity index (χ1n) is 7.63. The smallest absolute Gasteiger partial charge is 0.321 e. The van der Waals surface area contributed by atoms with E-state index in [4.69, 9.17) is 16.7 Å². The number of likely N-dealkylation sites (tertiary alicyclic amines) is 1. The molecule has 2 aromatic rings. The summed E-state index contributed by atoms with van der Waals surface area (Å²) < 4.78 is 1.58. The molecule has 2 heterocycles. The SMILES string of the molecule is O=C(O)C1CCCN(C(=O)Nc2cccc(Cl)c2-n2cccn2)C1. The van der Waals surface area contributed by atoms with Crippen LogP contribution in [0.15, 0.2) is 36.7 Å². The van der Waals surface area contributed by atoms with Crippen molar-refractivity contribution >= 4 is 29.3 Å². The average molecular weight is 349 g/mol. The molecule has 2 amide bonds. The van der Waals surface area contributed by atoms with E-state index in [1.807, 2.05) is 0 Å². The largest absolute Gasteiger partial charge is 0.481 e. The van der Waals surface area contributed by atoms with Gasteiger partial charge in [-0.3, -0.25) is 4.79 Å². The molecule has 1 saturated heterocycles. The minimum absolute atomic E-state index is 0.207. The number of carbonyl (C=O) groups excluding carboxylic acids is 1. The van der Waals surface area contributed by atoms with Gasteiger partial charge in [-0.05, 0) is 31.0 Å². The number of aromatic nitrogens is 2. The molecule has 8 heteroatoms. The zero-order chi connectivity index (χ0) is 17.1. The van der Waals surface area contributed by atoms with Crippen LogP contribution in [0.2, 0.25) is 5.02 Å². The summed E-state index contributed by atoms with van der Waals surface area (Å²) in [7, 11) is 0. The minimum Gasteiger partial charge on any atom is -0.481 e. The van der Waals surface area contributed by atoms with E-state index in [1.165, 1.54) is 4.90 Å². The van der Waals surface area contributed by atoms with E-state index in [-0.39, 0.29) is 12.6 Å². The Hall–Kier alpha value is -2.54. The van der Waals surface area contributed by atoms with Gasteiger partial charge in [0, 0.05) is 25.5 Å². The van der Waals surface area contributed by atoms with Gasteiger partial charge in [-0.15, -0.1) is 0 Å². The highest BCUT2D eigenvalue weighted by molar-refractivity contribution is 6.33. The molecular weight excluding hydrogens is 332 g/mol. The fraction of sp³-hybridized carbons (Fsp3) is 0.312. The molecule has 24 heavy (non-hydrogen) atoms. The Labute approximate surface area is 143 Å². The lowest BCUT2D eigenvalue weighted by molar-refractivity contribution is -0.143. The van der Waals surface area contributed by atoms with Crippen LogP contribution in [0, 0.1) is 5.92 Å². The van der Waals surface area contributed by atoms with Crippen molar-refractivity contribution in [3.05, 3.63) is 41.7 Å². The maximum atomic E-state index is 12.5. The van der Waals surface area contributed by atoms with Crippen molar-refractivity contribution in [3.8, 4) is 5.69 Å². The fourth-order valence-electron chi connectivity index (χ4n) is 2.81. The zero-order valence-electron chi connectivity index (χ0n) is 12.9. The van der Waals surface area contributed by atoms with Gasteiger partial charge in [-0.1, -0.05) is 17.7 Å². The van der Waals surface area contributed by atoms with E-state index in [9.17, 15) is 9.59 Å². The highest BCUT2D eigenvalue weighted by Gasteiger charge is 2.28. The van der Waals surface area contributed by atoms with Crippen LogP contribution in [-0.4, -0.2) is 44.9 Å². The molecule has 0 aliphatic carbocycles. The molecule has 3 rings (SSSR count). The van der Waals surface area contributed by atoms with Crippen LogP contribution in [0.1, 0.15) is 12.8 Å². The Balaban J connectivity index is 1.80. The first kappa shape index (κ1) is 16.3. The fourth-order valence-corrected chi connectivity index (χ4v) is 3.07. The number of hydrogen-bond acceptors (Lipinski definition) is 3. The van der Waals surface area contributed by atoms with Gasteiger partial charge in [0.1, 0.15) is 5.69 Å². The predicted molar refractivity (Wildman–Crippen MR) is 89.5 cm³/mol. The number of carboxylic acids is 1. The van der Waals surface area contributed by atoms with E-state index in [2.05, 4.69) is 10.4 Å². The van der Waals surface area contributed by atoms with Gasteiger partial charge in [-0.25, -0.2) is 9.48 Å². The van der Waals surface area contributed by atoms with Crippen LogP contribution in [0.3, 0.4) is 0 Å². The van der Waals surface area contributed by atoms with Gasteiger partial charge in [0.05, 0.1) is 16.6 Å². The number of amides is 2. The number of aliphatic carboxylic acids is 1. The summed E-state index contributed by atoms with van der Waals surface area (Å²) in [6.45, 7) is 0.742. The highest BCUT2D eigenvalue weighted by Crippen LogP contribution is 2.28. The van der Waals surface area contributed by atoms with Crippen LogP contribution in [-0.2, 0) is 4.79 Å². The second kappa shape index (κ2) is 6.92. The Morgan fingerprint density at radius 2 is 2.17 bits per heavy atom. The van der Waals surface area contributed by atoms with Crippen molar-refractivity contribution in [1.82, 2.24) is 14.7 Å². The molecule has 1 aromatic heterocycles. The first-order valence-corrected chi connectivity index (χ1v) is 8.01. The lowest BCUT2D eigenvalue weighted by atomic mass is 9.99. The third-order valence-corrected chi connectivity index (χ3v) is 4.32. The lowest BCUT2D eigenvalue weighted by Crippen LogP contribution is -2.44. The third-order valence-electron chi connectivity index (χ3n) is 4.02. The molecular formula is C16H17ClN4O3. The maximum Gasteiger partial charge on any atom is 0.321 e. The number of para-hydroxylation sites is 1. The maximum absolute atomic E-state index is 12.5. The van der Waals surface area contributed by atoms with Crippen molar-refractivity contribution in [2.45, 2.75) is 12.8 Å². The number of nitrogens with one attached hydrogen (secondary N) is 1. The summed E-state index contributed by atoms with van der Waals surface area (Å²) in [5.74, 6) is -1.39. The number of urea groups is 1. The van der Waals surface area contributed by atoms with E-state index >= 15 is 0 Å². The quantitative estimate of drug-likeness (QED) is 0.892. The summed E-state index contributed by atoms with van der Waals surface area (Å²) >= 11 is 6.25. The number of rotatable bonds is 3. The molecule has 7 nitrogen and oxygen atoms in total. The molecule has 0 bridgehead atoms. The first-order chi connectivity index (χ1) is 11.6. The number of halogens is 1. The van der Waals surface area contributed by atoms with Gasteiger partial charge >= 0.3 is 12.0 Å². The Morgan fingerprint density at radius 1 is 1.33 bits per heavy atom. The predicted octanol–water partition coefficient (Wildman–Crippen LogP) is 2.85. The molecule has 126 valence electrons. The molecule has 1 aromatic carbocycles. The Kier molecular flexibility index (Phi) is 4.71. The highest BCUT2D eigenvalue weighted by atomic mass is 35.5. The molecule has 0 saturated carbocycles. The number of nitrogens with zero attached hydrogens (tertiary/aromatic N) is 3. The van der Waals surface area contributed by atoms with Gasteiger partial charge in [0.15, 0.2) is 0 Å². The number of anilines is 1. The topological polar surface area (TPSA) is 87.5 Å². The van der Waals surface area contributed by atoms with Gasteiger partial charge < -0.3 is 15.3 Å². The van der Waals surface area contributed by atoms with E-state index in [0.717, 1.165) is 0 Å². The van der Waals surface area contributed by atoms with Gasteiger partial charge in [-0.2, -0.15) is 5.10 Å². The number of hydrogen-bond donors (Lipinski definition) is 2. The summed E-state index contributed by atoms with van der Waals surface area (Å²) in [6.07, 6.45) is 4.62. The van der Waals surface area contributed by atoms with Crippen LogP contribution < -0.4 is 5.32 Å². The summed E-state index contributed by atoms with van der Waals surface area (Å²) in [5.41, 5.74) is 1.10. The minimum atomic E-state index is -0.868. The molecule has 0 radical (unpaired) electrons. The molecule has 1 aliphatic heterocycles. The number of carbonyl (C=O) groups is 2. The Bertz CT molecular complexity index is 748. The number of carboxylic acid groups (broad SMARTS) is 1. The molecule has 1 atom stereocenters. The third kappa shape index (κ3) is 3.35. The summed E-state index contributed by atoms with van der Waals surface area (Å²) in [6, 6.07) is 6.62. The summed E-state index contributed by atoms with van der Waals surface area (Å²) in [4.78, 5) is 25.2. The standard InChI is InChI=1S/C16H17ClN4O3/c17-12-5-1-6-13(14(12)21-9-3-7-18-21)19-16(24)20-8-2-4-11(10-20)15(22)23/h1,3,5-7,9,11H,2,4,8,10H2,(H,19,24)(H,22,23). The van der Waals surface area contributed by atoms with Crippen LogP contribution in [0.5, 0.6) is 0 Å². The second-order valence-electron chi connectivity index (χ2n) is 5.64. The van der Waals surface area contributed by atoms with Crippen LogP contribution in [0.4, 0.5) is 10.5 Å². The Morgan fingerprint density at radius 3 is 2.88 bits per heavy atom. The van der Waals surface area contributed by atoms with Gasteiger partial charge in [0.2, 0.25) is 0 Å². The normalized spacial score (nSPS) is 17.5. The van der Waals surface area contributed by atoms with E-state index < -0.39 is 11.9 Å². The molecule has 1 unspecified atom stereocenters. The molecule has 1 fully saturated rings. The van der Waals surface area contributed by atoms with Crippen molar-refractivity contribution in [2.24, 2.45) is 5.92 Å². The average Bonchev–Trinajstić information content (AvgIpc) is 3.09.